The topological polar surface area (TPSA) is 0 Å². The van der Waals surface area contributed by atoms with E-state index in [9.17, 15) is 4.39 Å². The molecule has 0 unspecified atom stereocenters. The highest BCUT2D eigenvalue weighted by Gasteiger charge is 2.10. The van der Waals surface area contributed by atoms with Crippen molar-refractivity contribution in [2.75, 3.05) is 0 Å². The zero-order chi connectivity index (χ0) is 14.4. The lowest BCUT2D eigenvalue weighted by Crippen LogP contribution is -2.02. The van der Waals surface area contributed by atoms with Crippen molar-refractivity contribution in [3.8, 4) is 0 Å². The lowest BCUT2D eigenvalue weighted by atomic mass is 9.89. The number of halogens is 1. The molecule has 0 saturated carbocycles. The Bertz CT molecular complexity index is 510. The van der Waals surface area contributed by atoms with Gasteiger partial charge in [0.05, 0.1) is 0 Å². The molecule has 0 bridgehead atoms. The van der Waals surface area contributed by atoms with E-state index in [1.165, 1.54) is 23.1 Å². The van der Waals surface area contributed by atoms with Gasteiger partial charge in [-0.3, -0.25) is 0 Å². The van der Waals surface area contributed by atoms with E-state index in [0.717, 1.165) is 19.3 Å². The Labute approximate surface area is 121 Å². The molecular weight excluding hydrogens is 247 g/mol. The second-order valence-electron chi connectivity index (χ2n) is 5.43. The Hall–Kier alpha value is -1.63. The highest BCUT2D eigenvalue weighted by molar-refractivity contribution is 5.27. The van der Waals surface area contributed by atoms with Gasteiger partial charge in [0.1, 0.15) is 5.82 Å². The van der Waals surface area contributed by atoms with Crippen LogP contribution in [0.5, 0.6) is 0 Å². The van der Waals surface area contributed by atoms with Gasteiger partial charge in [-0.05, 0) is 54.0 Å². The standard InChI is InChI=1S/C19H23F/c1-3-5-15-6-8-16(9-7-15)14-17(4-2)18-10-12-19(20)13-11-18/h6-13,17H,3-5,14H2,1-2H3/t17-/m1/s1. The Balaban J connectivity index is 2.07. The third-order valence-corrected chi connectivity index (χ3v) is 3.88. The Morgan fingerprint density at radius 3 is 2.00 bits per heavy atom. The van der Waals surface area contributed by atoms with Crippen LogP contribution >= 0.6 is 0 Å². The molecule has 1 heteroatoms. The first-order valence-electron chi connectivity index (χ1n) is 7.56. The monoisotopic (exact) mass is 270 g/mol. The predicted molar refractivity (Wildman–Crippen MR) is 83.6 cm³/mol. The van der Waals surface area contributed by atoms with Gasteiger partial charge < -0.3 is 0 Å². The summed E-state index contributed by atoms with van der Waals surface area (Å²) in [5, 5.41) is 0. The number of rotatable bonds is 6. The molecule has 0 aliphatic carbocycles. The van der Waals surface area contributed by atoms with Crippen LogP contribution in [0.1, 0.15) is 49.3 Å². The number of benzene rings is 2. The van der Waals surface area contributed by atoms with E-state index in [4.69, 9.17) is 0 Å². The molecule has 0 spiro atoms. The van der Waals surface area contributed by atoms with Crippen LogP contribution < -0.4 is 0 Å². The van der Waals surface area contributed by atoms with Crippen molar-refractivity contribution in [3.05, 3.63) is 71.0 Å². The lowest BCUT2D eigenvalue weighted by molar-refractivity contribution is 0.620. The molecule has 2 rings (SSSR count). The fourth-order valence-electron chi connectivity index (χ4n) is 2.65. The highest BCUT2D eigenvalue weighted by Crippen LogP contribution is 2.24. The lowest BCUT2D eigenvalue weighted by Gasteiger charge is -2.16. The molecule has 0 nitrogen and oxygen atoms in total. The molecular formula is C19H23F. The van der Waals surface area contributed by atoms with Crippen LogP contribution in [0.4, 0.5) is 4.39 Å². The number of hydrogen-bond acceptors (Lipinski definition) is 0. The zero-order valence-corrected chi connectivity index (χ0v) is 12.4. The number of hydrogen-bond donors (Lipinski definition) is 0. The molecule has 106 valence electrons. The van der Waals surface area contributed by atoms with Crippen molar-refractivity contribution >= 4 is 0 Å². The SMILES string of the molecule is CCCc1ccc(C[C@@H](CC)c2ccc(F)cc2)cc1. The van der Waals surface area contributed by atoms with Crippen molar-refractivity contribution in [2.45, 2.75) is 45.4 Å². The van der Waals surface area contributed by atoms with Gasteiger partial charge in [-0.15, -0.1) is 0 Å². The van der Waals surface area contributed by atoms with Crippen LogP contribution in [0.2, 0.25) is 0 Å². The smallest absolute Gasteiger partial charge is 0.123 e. The summed E-state index contributed by atoms with van der Waals surface area (Å²) < 4.78 is 13.0. The summed E-state index contributed by atoms with van der Waals surface area (Å²) in [5.41, 5.74) is 4.00. The maximum Gasteiger partial charge on any atom is 0.123 e. The first-order chi connectivity index (χ1) is 9.72. The van der Waals surface area contributed by atoms with E-state index in [-0.39, 0.29) is 5.82 Å². The van der Waals surface area contributed by atoms with Crippen molar-refractivity contribution < 1.29 is 4.39 Å². The van der Waals surface area contributed by atoms with E-state index in [1.807, 2.05) is 12.1 Å². The largest absolute Gasteiger partial charge is 0.207 e. The molecule has 0 amide bonds. The predicted octanol–water partition coefficient (Wildman–Crippen LogP) is 5.51. The molecule has 20 heavy (non-hydrogen) atoms. The summed E-state index contributed by atoms with van der Waals surface area (Å²) in [6.45, 7) is 4.40. The van der Waals surface area contributed by atoms with Crippen LogP contribution in [-0.4, -0.2) is 0 Å². The summed E-state index contributed by atoms with van der Waals surface area (Å²) in [6.07, 6.45) is 4.43. The first kappa shape index (κ1) is 14.8. The molecule has 0 heterocycles. The third kappa shape index (κ3) is 3.93. The molecule has 1 atom stereocenters. The summed E-state index contributed by atoms with van der Waals surface area (Å²) in [5.74, 6) is 0.306. The van der Waals surface area contributed by atoms with E-state index in [2.05, 4.69) is 38.1 Å². The molecule has 2 aromatic carbocycles. The zero-order valence-electron chi connectivity index (χ0n) is 12.4. The van der Waals surface area contributed by atoms with Crippen LogP contribution in [0.3, 0.4) is 0 Å². The molecule has 0 aromatic heterocycles. The van der Waals surface area contributed by atoms with Crippen LogP contribution in [0, 0.1) is 5.82 Å². The molecule has 0 N–H and O–H groups in total. The minimum Gasteiger partial charge on any atom is -0.207 e. The fourth-order valence-corrected chi connectivity index (χ4v) is 2.65. The molecule has 0 fully saturated rings. The summed E-state index contributed by atoms with van der Waals surface area (Å²) >= 11 is 0. The van der Waals surface area contributed by atoms with Gasteiger partial charge in [0, 0.05) is 0 Å². The first-order valence-corrected chi connectivity index (χ1v) is 7.56. The minimum atomic E-state index is -0.160. The van der Waals surface area contributed by atoms with E-state index >= 15 is 0 Å². The molecule has 2 aromatic rings. The van der Waals surface area contributed by atoms with Gasteiger partial charge in [0.15, 0.2) is 0 Å². The molecule has 0 radical (unpaired) electrons. The summed E-state index contributed by atoms with van der Waals surface area (Å²) in [6, 6.07) is 15.9. The van der Waals surface area contributed by atoms with Crippen LogP contribution in [-0.2, 0) is 12.8 Å². The maximum absolute atomic E-state index is 13.0. The van der Waals surface area contributed by atoms with E-state index in [0.29, 0.717) is 5.92 Å². The van der Waals surface area contributed by atoms with Gasteiger partial charge in [-0.25, -0.2) is 4.39 Å². The van der Waals surface area contributed by atoms with Gasteiger partial charge in [0.2, 0.25) is 0 Å². The highest BCUT2D eigenvalue weighted by atomic mass is 19.1. The quantitative estimate of drug-likeness (QED) is 0.649. The average Bonchev–Trinajstić information content (AvgIpc) is 2.48. The van der Waals surface area contributed by atoms with Crippen molar-refractivity contribution in [3.63, 3.8) is 0 Å². The van der Waals surface area contributed by atoms with Crippen molar-refractivity contribution in [1.29, 1.82) is 0 Å². The second kappa shape index (κ2) is 7.23. The third-order valence-electron chi connectivity index (χ3n) is 3.88. The van der Waals surface area contributed by atoms with Crippen molar-refractivity contribution in [1.82, 2.24) is 0 Å². The normalized spacial score (nSPS) is 12.3. The minimum absolute atomic E-state index is 0.160. The summed E-state index contributed by atoms with van der Waals surface area (Å²) in [7, 11) is 0. The summed E-state index contributed by atoms with van der Waals surface area (Å²) in [4.78, 5) is 0. The average molecular weight is 270 g/mol. The second-order valence-corrected chi connectivity index (χ2v) is 5.43. The van der Waals surface area contributed by atoms with E-state index < -0.39 is 0 Å². The Kier molecular flexibility index (Phi) is 5.34. The van der Waals surface area contributed by atoms with Crippen LogP contribution in [0.15, 0.2) is 48.5 Å². The Morgan fingerprint density at radius 1 is 0.850 bits per heavy atom. The van der Waals surface area contributed by atoms with Crippen LogP contribution in [0.25, 0.3) is 0 Å². The van der Waals surface area contributed by atoms with Crippen molar-refractivity contribution in [2.24, 2.45) is 0 Å². The van der Waals surface area contributed by atoms with Gasteiger partial charge in [-0.1, -0.05) is 56.7 Å². The maximum atomic E-state index is 13.0. The van der Waals surface area contributed by atoms with Gasteiger partial charge >= 0.3 is 0 Å². The fraction of sp³-hybridized carbons (Fsp3) is 0.368. The van der Waals surface area contributed by atoms with Gasteiger partial charge in [-0.2, -0.15) is 0 Å². The Morgan fingerprint density at radius 2 is 1.45 bits per heavy atom. The molecule has 0 aliphatic heterocycles. The van der Waals surface area contributed by atoms with Gasteiger partial charge in [0.25, 0.3) is 0 Å². The molecule has 0 saturated heterocycles. The number of aryl methyl sites for hydroxylation is 1. The molecule has 0 aliphatic rings. The van der Waals surface area contributed by atoms with E-state index in [1.54, 1.807) is 12.1 Å².